The van der Waals surface area contributed by atoms with Gasteiger partial charge in [-0.25, -0.2) is 0 Å². The first-order chi connectivity index (χ1) is 9.44. The van der Waals surface area contributed by atoms with Gasteiger partial charge in [-0.15, -0.1) is 0 Å². The first-order valence-corrected chi connectivity index (χ1v) is 10.3. The van der Waals surface area contributed by atoms with Crippen LogP contribution in [0, 0.1) is 5.92 Å². The van der Waals surface area contributed by atoms with E-state index in [1.165, 1.54) is 0 Å². The molecule has 0 aromatic heterocycles. The Balaban J connectivity index is 2.09. The third-order valence-corrected chi connectivity index (χ3v) is 10.2. The van der Waals surface area contributed by atoms with Crippen LogP contribution >= 0.6 is 23.3 Å². The second-order valence-corrected chi connectivity index (χ2v) is 10.8. The second kappa shape index (κ2) is 5.09. The third-order valence-electron chi connectivity index (χ3n) is 4.17. The van der Waals surface area contributed by atoms with Gasteiger partial charge in [-0.3, -0.25) is 0 Å². The average Bonchev–Trinajstić information content (AvgIpc) is 2.75. The number of alkyl halides is 3. The largest absolute Gasteiger partial charge is 0.442 e. The predicted molar refractivity (Wildman–Crippen MR) is 81.8 cm³/mol. The summed E-state index contributed by atoms with van der Waals surface area (Å²) in [6.07, 6.45) is 6.79. The molecular weight excluding hydrogens is 349 g/mol. The van der Waals surface area contributed by atoms with Crippen molar-refractivity contribution in [3.8, 4) is 0 Å². The second-order valence-electron chi connectivity index (χ2n) is 5.40. The summed E-state index contributed by atoms with van der Waals surface area (Å²) in [6, 6.07) is 6.92. The highest BCUT2D eigenvalue weighted by Gasteiger charge is 2.56. The smallest absolute Gasteiger partial charge is 0.160 e. The Morgan fingerprint density at radius 3 is 2.35 bits per heavy atom. The van der Waals surface area contributed by atoms with E-state index >= 15 is 0 Å². The van der Waals surface area contributed by atoms with Gasteiger partial charge < -0.3 is 0 Å². The van der Waals surface area contributed by atoms with Gasteiger partial charge >= 0.3 is 5.51 Å². The van der Waals surface area contributed by atoms with Crippen LogP contribution in [0.15, 0.2) is 34.1 Å². The number of halogens is 4. The van der Waals surface area contributed by atoms with Crippen LogP contribution in [0.5, 0.6) is 0 Å². The molecule has 0 saturated heterocycles. The number of rotatable bonds is 1. The minimum atomic E-state index is -4.23. The minimum Gasteiger partial charge on any atom is -0.160 e. The van der Waals surface area contributed by atoms with Gasteiger partial charge in [-0.1, -0.05) is 37.5 Å². The summed E-state index contributed by atoms with van der Waals surface area (Å²) < 4.78 is 41.3. The Morgan fingerprint density at radius 2 is 1.70 bits per heavy atom. The number of benzene rings is 1. The molecule has 0 amide bonds. The summed E-state index contributed by atoms with van der Waals surface area (Å²) in [4.78, 5) is 1.01. The van der Waals surface area contributed by atoms with Crippen LogP contribution in [0.3, 0.4) is 0 Å². The van der Waals surface area contributed by atoms with E-state index in [-0.39, 0.29) is 5.92 Å². The number of fused-ring (bicyclic) bond motifs is 1. The van der Waals surface area contributed by atoms with Crippen molar-refractivity contribution in [2.45, 2.75) is 42.5 Å². The van der Waals surface area contributed by atoms with Crippen LogP contribution in [0.2, 0.25) is 0 Å². The molecule has 0 spiro atoms. The Hall–Kier alpha value is -0.420. The van der Waals surface area contributed by atoms with Crippen LogP contribution in [-0.4, -0.2) is 5.51 Å². The van der Waals surface area contributed by atoms with Gasteiger partial charge in [0.2, 0.25) is 0 Å². The maximum Gasteiger partial charge on any atom is 0.442 e. The van der Waals surface area contributed by atoms with Crippen LogP contribution in [0.25, 0.3) is 6.08 Å². The molecule has 1 aromatic rings. The number of hydrogen-bond donors (Lipinski definition) is 0. The van der Waals surface area contributed by atoms with E-state index in [1.54, 1.807) is 24.3 Å². The molecule has 1 unspecified atom stereocenters. The Bertz CT molecular complexity index is 546. The van der Waals surface area contributed by atoms with Crippen molar-refractivity contribution in [2.24, 2.45) is 5.92 Å². The molecule has 5 heteroatoms. The first-order valence-electron chi connectivity index (χ1n) is 6.84. The number of allylic oxidation sites excluding steroid dienone is 1. The van der Waals surface area contributed by atoms with E-state index in [2.05, 4.69) is 14.8 Å². The van der Waals surface area contributed by atoms with Crippen molar-refractivity contribution in [3.63, 3.8) is 0 Å². The molecule has 0 nitrogen and oxygen atoms in total. The zero-order chi connectivity index (χ0) is 14.4. The van der Waals surface area contributed by atoms with Crippen LogP contribution in [0.4, 0.5) is 13.2 Å². The molecule has 1 fully saturated rings. The summed E-state index contributed by atoms with van der Waals surface area (Å²) in [6.45, 7) is 0. The molecule has 1 saturated carbocycles. The predicted octanol–water partition coefficient (Wildman–Crippen LogP) is 6.61. The standard InChI is InChI=1S/C15H16BrF3S/c16-20(15(17,18)19)13-9-5-4-8-12(13)10-14(20)11-6-2-1-3-7-11/h4-5,8-11H,1-3,6-7H2. The molecule has 20 heavy (non-hydrogen) atoms. The van der Waals surface area contributed by atoms with Crippen molar-refractivity contribution >= 4 is 29.4 Å². The summed E-state index contributed by atoms with van der Waals surface area (Å²) >= 11 is 3.16. The molecule has 1 aromatic carbocycles. The Kier molecular flexibility index (Phi) is 3.70. The van der Waals surface area contributed by atoms with Gasteiger partial charge in [0.1, 0.15) is 0 Å². The molecule has 1 aliphatic heterocycles. The van der Waals surface area contributed by atoms with E-state index in [4.69, 9.17) is 0 Å². The Labute approximate surface area is 126 Å². The quantitative estimate of drug-likeness (QED) is 0.525. The van der Waals surface area contributed by atoms with E-state index in [1.807, 2.05) is 6.07 Å². The number of hydrogen-bond acceptors (Lipinski definition) is 0. The minimum absolute atomic E-state index is 0.0761. The fraction of sp³-hybridized carbons (Fsp3) is 0.467. The SMILES string of the molecule is FC(F)(F)S1(Br)C(C2CCCCC2)=Cc2ccccc21. The van der Waals surface area contributed by atoms with Crippen LogP contribution in [-0.2, 0) is 0 Å². The summed E-state index contributed by atoms with van der Waals surface area (Å²) in [5.74, 6) is 0.0761. The summed E-state index contributed by atoms with van der Waals surface area (Å²) in [7, 11) is -3.05. The molecule has 0 bridgehead atoms. The van der Waals surface area contributed by atoms with E-state index < -0.39 is 14.0 Å². The Morgan fingerprint density at radius 1 is 1.05 bits per heavy atom. The molecule has 0 N–H and O–H groups in total. The lowest BCUT2D eigenvalue weighted by Crippen LogP contribution is -2.20. The highest BCUT2D eigenvalue weighted by atomic mass is 79.9. The van der Waals surface area contributed by atoms with Gasteiger partial charge in [0, 0.05) is 4.90 Å². The molecule has 110 valence electrons. The van der Waals surface area contributed by atoms with Gasteiger partial charge in [0.15, 0.2) is 0 Å². The lowest BCUT2D eigenvalue weighted by Gasteiger charge is -2.39. The normalized spacial score (nSPS) is 30.5. The summed E-state index contributed by atoms with van der Waals surface area (Å²) in [5.41, 5.74) is -3.50. The highest BCUT2D eigenvalue weighted by Crippen LogP contribution is 2.82. The van der Waals surface area contributed by atoms with E-state index in [0.717, 1.165) is 37.7 Å². The molecule has 3 rings (SSSR count). The van der Waals surface area contributed by atoms with E-state index in [0.29, 0.717) is 9.80 Å². The maximum atomic E-state index is 13.8. The van der Waals surface area contributed by atoms with Crippen molar-refractivity contribution in [3.05, 3.63) is 34.7 Å². The molecule has 2 aliphatic rings. The lowest BCUT2D eigenvalue weighted by molar-refractivity contribution is -0.0357. The lowest BCUT2D eigenvalue weighted by atomic mass is 9.88. The van der Waals surface area contributed by atoms with Gasteiger partial charge in [-0.2, -0.15) is 13.2 Å². The molecule has 1 heterocycles. The van der Waals surface area contributed by atoms with Crippen LogP contribution in [0.1, 0.15) is 37.7 Å². The van der Waals surface area contributed by atoms with Gasteiger partial charge in [0.25, 0.3) is 0 Å². The van der Waals surface area contributed by atoms with Gasteiger partial charge in [0.05, 0.1) is 0 Å². The monoisotopic (exact) mass is 364 g/mol. The molecule has 1 atom stereocenters. The summed E-state index contributed by atoms with van der Waals surface area (Å²) in [5, 5.41) is 0. The van der Waals surface area contributed by atoms with E-state index in [9.17, 15) is 13.2 Å². The average molecular weight is 365 g/mol. The maximum absolute atomic E-state index is 13.8. The van der Waals surface area contributed by atoms with Crippen LogP contribution < -0.4 is 0 Å². The van der Waals surface area contributed by atoms with Crippen molar-refractivity contribution in [1.82, 2.24) is 0 Å². The topological polar surface area (TPSA) is 0 Å². The van der Waals surface area contributed by atoms with Gasteiger partial charge in [-0.05, 0) is 64.6 Å². The molecular formula is C15H16BrF3S. The fourth-order valence-corrected chi connectivity index (χ4v) is 7.64. The first kappa shape index (κ1) is 14.5. The third kappa shape index (κ3) is 2.13. The van der Waals surface area contributed by atoms with Crippen molar-refractivity contribution < 1.29 is 13.2 Å². The molecule has 0 radical (unpaired) electrons. The zero-order valence-electron chi connectivity index (χ0n) is 10.9. The zero-order valence-corrected chi connectivity index (χ0v) is 13.3. The van der Waals surface area contributed by atoms with Crippen molar-refractivity contribution in [2.75, 3.05) is 0 Å². The fourth-order valence-electron chi connectivity index (χ4n) is 3.21. The molecule has 1 aliphatic carbocycles. The van der Waals surface area contributed by atoms with Crippen molar-refractivity contribution in [1.29, 1.82) is 0 Å². The highest BCUT2D eigenvalue weighted by molar-refractivity contribution is 9.59.